The summed E-state index contributed by atoms with van der Waals surface area (Å²) in [5.41, 5.74) is 0. The van der Waals surface area contributed by atoms with Crippen LogP contribution in [0.2, 0.25) is 0 Å². The molecule has 0 fully saturated rings. The Balaban J connectivity index is 2.99. The Morgan fingerprint density at radius 3 is 1.67 bits per heavy atom. The van der Waals surface area contributed by atoms with Gasteiger partial charge in [0.05, 0.1) is 0 Å². The summed E-state index contributed by atoms with van der Waals surface area (Å²) >= 11 is 4.60. The van der Waals surface area contributed by atoms with Gasteiger partial charge >= 0.3 is 0 Å². The minimum Gasteiger partial charge on any atom is -0.335 e. The van der Waals surface area contributed by atoms with Crippen molar-refractivity contribution in [2.45, 2.75) is 0 Å². The summed E-state index contributed by atoms with van der Waals surface area (Å²) in [4.78, 5) is 0. The van der Waals surface area contributed by atoms with Crippen molar-refractivity contribution in [2.75, 3.05) is 14.2 Å². The average Bonchev–Trinajstić information content (AvgIpc) is 1.65. The molecule has 0 aromatic heterocycles. The van der Waals surface area contributed by atoms with Crippen LogP contribution in [0.15, 0.2) is 0 Å². The maximum Gasteiger partial charge on any atom is 0.175 e. The Kier molecular flexibility index (Phi) is 4.11. The highest BCUT2D eigenvalue weighted by molar-refractivity contribution is 8.00. The zero-order valence-electron chi connectivity index (χ0n) is 3.72. The predicted molar refractivity (Wildman–Crippen MR) is 29.7 cm³/mol. The smallest absolute Gasteiger partial charge is 0.175 e. The van der Waals surface area contributed by atoms with Gasteiger partial charge in [-0.25, -0.2) is 0 Å². The summed E-state index contributed by atoms with van der Waals surface area (Å²) in [5, 5.41) is 0. The largest absolute Gasteiger partial charge is 0.335 e. The molecule has 4 heteroatoms. The van der Waals surface area contributed by atoms with Crippen LogP contribution < -0.4 is 0 Å². The fourth-order valence-electron chi connectivity index (χ4n) is 0.0833. The summed E-state index contributed by atoms with van der Waals surface area (Å²) in [6.07, 6.45) is 0. The van der Waals surface area contributed by atoms with Gasteiger partial charge in [-0.05, 0) is 11.8 Å². The van der Waals surface area contributed by atoms with Crippen LogP contribution >= 0.6 is 7.15 Å². The predicted octanol–water partition coefficient (Wildman–Crippen LogP) is 0.785. The van der Waals surface area contributed by atoms with Crippen molar-refractivity contribution < 1.29 is 9.05 Å². The van der Waals surface area contributed by atoms with Gasteiger partial charge in [-0.1, -0.05) is 0 Å². The van der Waals surface area contributed by atoms with Crippen molar-refractivity contribution in [2.24, 2.45) is 0 Å². The molecule has 0 atom stereocenters. The summed E-state index contributed by atoms with van der Waals surface area (Å²) in [6, 6.07) is 0. The second kappa shape index (κ2) is 3.75. The van der Waals surface area contributed by atoms with Crippen molar-refractivity contribution in [3.63, 3.8) is 0 Å². The van der Waals surface area contributed by atoms with Gasteiger partial charge in [-0.3, -0.25) is 0 Å². The third-order valence-electron chi connectivity index (χ3n) is 0.333. The van der Waals surface area contributed by atoms with Gasteiger partial charge in [-0.2, -0.15) is 0 Å². The first-order chi connectivity index (χ1) is 2.81. The van der Waals surface area contributed by atoms with E-state index in [1.807, 2.05) is 0 Å². The molecule has 0 aliphatic heterocycles. The van der Waals surface area contributed by atoms with Crippen LogP contribution in [0.1, 0.15) is 0 Å². The molecule has 0 bridgehead atoms. The minimum absolute atomic E-state index is 1.28. The van der Waals surface area contributed by atoms with Crippen molar-refractivity contribution in [1.29, 1.82) is 0 Å². The highest BCUT2D eigenvalue weighted by atomic mass is 32.4. The lowest BCUT2D eigenvalue weighted by Crippen LogP contribution is -1.66. The van der Waals surface area contributed by atoms with Crippen LogP contribution in [0.3, 0.4) is 0 Å². The molecular weight excluding hydrogens is 119 g/mol. The lowest BCUT2D eigenvalue weighted by molar-refractivity contribution is 0.360. The van der Waals surface area contributed by atoms with E-state index in [-0.39, 0.29) is 0 Å². The summed E-state index contributed by atoms with van der Waals surface area (Å²) in [7, 11) is 1.81. The van der Waals surface area contributed by atoms with E-state index in [0.29, 0.717) is 0 Å². The highest BCUT2D eigenvalue weighted by Gasteiger charge is 1.77. The van der Waals surface area contributed by atoms with E-state index in [1.54, 1.807) is 14.2 Å². The van der Waals surface area contributed by atoms with Crippen LogP contribution in [0.4, 0.5) is 0 Å². The molecule has 0 rings (SSSR count). The zero-order chi connectivity index (χ0) is 4.99. The average molecular weight is 126 g/mol. The maximum atomic E-state index is 4.60. The third-order valence-corrected chi connectivity index (χ3v) is 2.00. The SMILES string of the molecule is CO[PH](=S)OC. The van der Waals surface area contributed by atoms with Gasteiger partial charge in [0.15, 0.2) is 7.15 Å². The van der Waals surface area contributed by atoms with Crippen molar-refractivity contribution in [3.8, 4) is 0 Å². The lowest BCUT2D eigenvalue weighted by atomic mass is 11.8. The van der Waals surface area contributed by atoms with Crippen LogP contribution in [0.25, 0.3) is 0 Å². The molecule has 0 N–H and O–H groups in total. The van der Waals surface area contributed by atoms with Crippen molar-refractivity contribution in [1.82, 2.24) is 0 Å². The van der Waals surface area contributed by atoms with E-state index >= 15 is 0 Å². The van der Waals surface area contributed by atoms with E-state index in [0.717, 1.165) is 0 Å². The van der Waals surface area contributed by atoms with Crippen LogP contribution in [0, 0.1) is 0 Å². The molecule has 0 amide bonds. The van der Waals surface area contributed by atoms with Gasteiger partial charge in [0.25, 0.3) is 0 Å². The second-order valence-electron chi connectivity index (χ2n) is 0.658. The Morgan fingerprint density at radius 1 is 1.33 bits per heavy atom. The Morgan fingerprint density at radius 2 is 1.67 bits per heavy atom. The van der Waals surface area contributed by atoms with E-state index in [4.69, 9.17) is 0 Å². The molecule has 0 spiro atoms. The lowest BCUT2D eigenvalue weighted by Gasteiger charge is -1.93. The Labute approximate surface area is 43.0 Å². The molecule has 0 saturated carbocycles. The standard InChI is InChI=1S/C2H7O2PS/c1-3-5(6)4-2/h5H,1-2H3. The number of rotatable bonds is 2. The molecule has 2 nitrogen and oxygen atoms in total. The molecule has 0 saturated heterocycles. The van der Waals surface area contributed by atoms with Crippen LogP contribution in [-0.2, 0) is 20.9 Å². The fourth-order valence-corrected chi connectivity index (χ4v) is 0.250. The molecule has 0 heterocycles. The van der Waals surface area contributed by atoms with Gasteiger partial charge in [0.2, 0.25) is 0 Å². The van der Waals surface area contributed by atoms with Crippen LogP contribution in [-0.4, -0.2) is 14.2 Å². The molecule has 0 aliphatic carbocycles. The summed E-state index contributed by atoms with van der Waals surface area (Å²) in [5.74, 6) is 0. The van der Waals surface area contributed by atoms with E-state index in [1.165, 1.54) is 0 Å². The first kappa shape index (κ1) is 6.57. The topological polar surface area (TPSA) is 18.5 Å². The summed E-state index contributed by atoms with van der Waals surface area (Å²) < 4.78 is 9.19. The van der Waals surface area contributed by atoms with Crippen LogP contribution in [0.5, 0.6) is 0 Å². The monoisotopic (exact) mass is 126 g/mol. The van der Waals surface area contributed by atoms with Gasteiger partial charge in [-0.15, -0.1) is 0 Å². The molecule has 38 valence electrons. The van der Waals surface area contributed by atoms with Crippen molar-refractivity contribution >= 4 is 19.0 Å². The number of hydrogen-bond donors (Lipinski definition) is 0. The number of hydrogen-bond acceptors (Lipinski definition) is 3. The fraction of sp³-hybridized carbons (Fsp3) is 1.00. The molecule has 0 aromatic carbocycles. The molecule has 0 unspecified atom stereocenters. The normalized spacial score (nSPS) is 9.83. The molecule has 6 heavy (non-hydrogen) atoms. The zero-order valence-corrected chi connectivity index (χ0v) is 5.54. The maximum absolute atomic E-state index is 4.60. The van der Waals surface area contributed by atoms with Gasteiger partial charge < -0.3 is 9.05 Å². The van der Waals surface area contributed by atoms with Gasteiger partial charge in [0.1, 0.15) is 0 Å². The van der Waals surface area contributed by atoms with E-state index in [9.17, 15) is 0 Å². The molecular formula is C2H7O2PS. The highest BCUT2D eigenvalue weighted by Crippen LogP contribution is 2.18. The Hall–Kier alpha value is 0.570. The minimum atomic E-state index is -1.28. The summed E-state index contributed by atoms with van der Waals surface area (Å²) in [6.45, 7) is 0. The quantitative estimate of drug-likeness (QED) is 0.509. The van der Waals surface area contributed by atoms with Gasteiger partial charge in [0, 0.05) is 14.2 Å². The van der Waals surface area contributed by atoms with E-state index in [2.05, 4.69) is 20.9 Å². The second-order valence-corrected chi connectivity index (χ2v) is 2.97. The first-order valence-electron chi connectivity index (χ1n) is 1.43. The van der Waals surface area contributed by atoms with Crippen molar-refractivity contribution in [3.05, 3.63) is 0 Å². The molecule has 0 aliphatic rings. The Bertz CT molecular complexity index is 49.5. The van der Waals surface area contributed by atoms with E-state index < -0.39 is 7.15 Å². The molecule has 0 aromatic rings. The molecule has 0 radical (unpaired) electrons. The first-order valence-corrected chi connectivity index (χ1v) is 3.88. The third kappa shape index (κ3) is 2.79.